The number of benzene rings is 1. The zero-order chi connectivity index (χ0) is 9.14. The highest BCUT2D eigenvalue weighted by Gasteiger charge is 2.06. The second-order valence-electron chi connectivity index (χ2n) is 2.58. The molecule has 3 nitrogen and oxygen atoms in total. The van der Waals surface area contributed by atoms with Gasteiger partial charge >= 0.3 is 0 Å². The van der Waals surface area contributed by atoms with Gasteiger partial charge in [-0.2, -0.15) is 5.26 Å². The summed E-state index contributed by atoms with van der Waals surface area (Å²) in [7, 11) is 0. The maximum absolute atomic E-state index is 9.22. The number of nitriles is 1. The monoisotopic (exact) mass is 163 g/mol. The molecular weight excluding hydrogens is 154 g/mol. The Balaban J connectivity index is 3.06. The molecule has 1 aromatic rings. The summed E-state index contributed by atoms with van der Waals surface area (Å²) in [6.07, 6.45) is -1.16. The summed E-state index contributed by atoms with van der Waals surface area (Å²) < 4.78 is 0. The number of aryl methyl sites for hydroxylation is 1. The molecule has 1 aromatic carbocycles. The topological polar surface area (TPSA) is 64.2 Å². The fourth-order valence-corrected chi connectivity index (χ4v) is 0.871. The zero-order valence-corrected chi connectivity index (χ0v) is 6.65. The standard InChI is InChI=1S/C9H9NO2/c1-6-2-3-7(4-8(6)11)9(12)5-10/h2-4,9,11-12H,1H3/t9-/m0/s1. The molecule has 0 aliphatic carbocycles. The van der Waals surface area contributed by atoms with E-state index in [2.05, 4.69) is 0 Å². The van der Waals surface area contributed by atoms with Gasteiger partial charge in [-0.15, -0.1) is 0 Å². The minimum absolute atomic E-state index is 0.0989. The molecule has 0 saturated carbocycles. The van der Waals surface area contributed by atoms with Crippen molar-refractivity contribution < 1.29 is 10.2 Å². The van der Waals surface area contributed by atoms with Gasteiger partial charge in [-0.1, -0.05) is 12.1 Å². The van der Waals surface area contributed by atoms with Crippen molar-refractivity contribution in [3.8, 4) is 11.8 Å². The smallest absolute Gasteiger partial charge is 0.166 e. The van der Waals surface area contributed by atoms with Crippen molar-refractivity contribution in [1.29, 1.82) is 5.26 Å². The number of rotatable bonds is 1. The van der Waals surface area contributed by atoms with Gasteiger partial charge in [0.25, 0.3) is 0 Å². The first-order chi connectivity index (χ1) is 5.65. The fraction of sp³-hybridized carbons (Fsp3) is 0.222. The van der Waals surface area contributed by atoms with Gasteiger partial charge < -0.3 is 10.2 Å². The summed E-state index contributed by atoms with van der Waals surface area (Å²) in [5, 5.41) is 26.7. The minimum atomic E-state index is -1.16. The third-order valence-corrected chi connectivity index (χ3v) is 1.67. The molecule has 0 saturated heterocycles. The van der Waals surface area contributed by atoms with E-state index in [-0.39, 0.29) is 5.75 Å². The predicted octanol–water partition coefficient (Wildman–Crippen LogP) is 1.26. The van der Waals surface area contributed by atoms with Crippen LogP contribution in [0, 0.1) is 18.3 Å². The average Bonchev–Trinajstić information content (AvgIpc) is 2.08. The van der Waals surface area contributed by atoms with Crippen LogP contribution in [-0.4, -0.2) is 10.2 Å². The Kier molecular flexibility index (Phi) is 2.32. The molecule has 3 heteroatoms. The molecule has 0 bridgehead atoms. The van der Waals surface area contributed by atoms with Crippen LogP contribution >= 0.6 is 0 Å². The fourth-order valence-electron chi connectivity index (χ4n) is 0.871. The van der Waals surface area contributed by atoms with Crippen LogP contribution in [0.2, 0.25) is 0 Å². The largest absolute Gasteiger partial charge is 0.508 e. The van der Waals surface area contributed by atoms with E-state index in [9.17, 15) is 5.11 Å². The van der Waals surface area contributed by atoms with E-state index in [0.29, 0.717) is 5.56 Å². The van der Waals surface area contributed by atoms with Crippen LogP contribution in [0.5, 0.6) is 5.75 Å². The van der Waals surface area contributed by atoms with Crippen LogP contribution in [0.15, 0.2) is 18.2 Å². The first-order valence-electron chi connectivity index (χ1n) is 3.52. The third-order valence-electron chi connectivity index (χ3n) is 1.67. The summed E-state index contributed by atoms with van der Waals surface area (Å²) in [5.41, 5.74) is 1.14. The summed E-state index contributed by atoms with van der Waals surface area (Å²) >= 11 is 0. The Bertz CT molecular complexity index is 328. The Hall–Kier alpha value is -1.53. The Morgan fingerprint density at radius 1 is 1.50 bits per heavy atom. The van der Waals surface area contributed by atoms with E-state index in [1.54, 1.807) is 25.1 Å². The number of hydrogen-bond donors (Lipinski definition) is 2. The molecule has 0 heterocycles. The number of hydrogen-bond acceptors (Lipinski definition) is 3. The normalized spacial score (nSPS) is 12.1. The number of aliphatic hydroxyl groups excluding tert-OH is 1. The lowest BCUT2D eigenvalue weighted by Gasteiger charge is -2.03. The lowest BCUT2D eigenvalue weighted by Crippen LogP contribution is -1.92. The SMILES string of the molecule is Cc1ccc([C@@H](O)C#N)cc1O. The first kappa shape index (κ1) is 8.57. The summed E-state index contributed by atoms with van der Waals surface area (Å²) in [4.78, 5) is 0. The summed E-state index contributed by atoms with van der Waals surface area (Å²) in [6.45, 7) is 1.75. The Morgan fingerprint density at radius 2 is 2.17 bits per heavy atom. The zero-order valence-electron chi connectivity index (χ0n) is 6.65. The molecule has 62 valence electrons. The van der Waals surface area contributed by atoms with Gasteiger partial charge in [0.05, 0.1) is 6.07 Å². The molecular formula is C9H9NO2. The van der Waals surface area contributed by atoms with E-state index < -0.39 is 6.10 Å². The molecule has 12 heavy (non-hydrogen) atoms. The Labute approximate surface area is 70.5 Å². The predicted molar refractivity (Wildman–Crippen MR) is 43.4 cm³/mol. The highest BCUT2D eigenvalue weighted by Crippen LogP contribution is 2.21. The molecule has 1 rings (SSSR count). The van der Waals surface area contributed by atoms with Crippen molar-refractivity contribution in [3.63, 3.8) is 0 Å². The molecule has 2 N–H and O–H groups in total. The number of phenolic OH excluding ortho intramolecular Hbond substituents is 1. The molecule has 0 fully saturated rings. The molecule has 1 atom stereocenters. The van der Waals surface area contributed by atoms with Crippen LogP contribution in [-0.2, 0) is 0 Å². The van der Waals surface area contributed by atoms with Gasteiger partial charge in [0.1, 0.15) is 5.75 Å². The molecule has 0 aliphatic heterocycles. The van der Waals surface area contributed by atoms with Gasteiger partial charge in [0, 0.05) is 0 Å². The quantitative estimate of drug-likeness (QED) is 0.612. The van der Waals surface area contributed by atoms with Crippen molar-refractivity contribution in [1.82, 2.24) is 0 Å². The molecule has 0 aromatic heterocycles. The van der Waals surface area contributed by atoms with Gasteiger partial charge in [-0.25, -0.2) is 0 Å². The highest BCUT2D eigenvalue weighted by atomic mass is 16.3. The summed E-state index contributed by atoms with van der Waals surface area (Å²) in [5.74, 6) is 0.0989. The van der Waals surface area contributed by atoms with E-state index in [0.717, 1.165) is 5.56 Å². The Morgan fingerprint density at radius 3 is 2.67 bits per heavy atom. The van der Waals surface area contributed by atoms with Crippen LogP contribution in [0.4, 0.5) is 0 Å². The lowest BCUT2D eigenvalue weighted by molar-refractivity contribution is 0.235. The lowest BCUT2D eigenvalue weighted by atomic mass is 10.1. The van der Waals surface area contributed by atoms with Crippen molar-refractivity contribution in [2.24, 2.45) is 0 Å². The van der Waals surface area contributed by atoms with Crippen LogP contribution in [0.3, 0.4) is 0 Å². The molecule has 0 spiro atoms. The van der Waals surface area contributed by atoms with Gasteiger partial charge in [0.15, 0.2) is 6.10 Å². The molecule has 0 unspecified atom stereocenters. The third kappa shape index (κ3) is 1.55. The van der Waals surface area contributed by atoms with Crippen LogP contribution in [0.1, 0.15) is 17.2 Å². The van der Waals surface area contributed by atoms with Crippen molar-refractivity contribution >= 4 is 0 Å². The second kappa shape index (κ2) is 3.24. The number of aromatic hydroxyl groups is 1. The summed E-state index contributed by atoms with van der Waals surface area (Å²) in [6, 6.07) is 6.34. The maximum Gasteiger partial charge on any atom is 0.166 e. The maximum atomic E-state index is 9.22. The van der Waals surface area contributed by atoms with Crippen molar-refractivity contribution in [3.05, 3.63) is 29.3 Å². The number of aliphatic hydroxyl groups is 1. The van der Waals surface area contributed by atoms with Gasteiger partial charge in [0.2, 0.25) is 0 Å². The van der Waals surface area contributed by atoms with Crippen LogP contribution in [0.25, 0.3) is 0 Å². The van der Waals surface area contributed by atoms with Crippen LogP contribution < -0.4 is 0 Å². The molecule has 0 radical (unpaired) electrons. The number of phenols is 1. The van der Waals surface area contributed by atoms with Gasteiger partial charge in [-0.05, 0) is 24.1 Å². The molecule has 0 aliphatic rings. The van der Waals surface area contributed by atoms with E-state index >= 15 is 0 Å². The van der Waals surface area contributed by atoms with Crippen molar-refractivity contribution in [2.45, 2.75) is 13.0 Å². The minimum Gasteiger partial charge on any atom is -0.508 e. The second-order valence-corrected chi connectivity index (χ2v) is 2.58. The highest BCUT2D eigenvalue weighted by molar-refractivity contribution is 5.37. The van der Waals surface area contributed by atoms with Gasteiger partial charge in [-0.3, -0.25) is 0 Å². The number of nitrogens with zero attached hydrogens (tertiary/aromatic N) is 1. The van der Waals surface area contributed by atoms with E-state index in [4.69, 9.17) is 10.4 Å². The molecule has 0 amide bonds. The average molecular weight is 163 g/mol. The van der Waals surface area contributed by atoms with E-state index in [1.165, 1.54) is 6.07 Å². The van der Waals surface area contributed by atoms with E-state index in [1.807, 2.05) is 0 Å². The first-order valence-corrected chi connectivity index (χ1v) is 3.52. The van der Waals surface area contributed by atoms with Crippen molar-refractivity contribution in [2.75, 3.05) is 0 Å².